The van der Waals surface area contributed by atoms with E-state index < -0.39 is 62.6 Å². The minimum atomic E-state index is -3.17. The molecule has 50 heavy (non-hydrogen) atoms. The molecule has 0 spiro atoms. The van der Waals surface area contributed by atoms with Crippen LogP contribution in [0.4, 0.5) is 28.7 Å². The molecule has 1 aromatic carbocycles. The second-order valence-electron chi connectivity index (χ2n) is 14.9. The van der Waals surface area contributed by atoms with E-state index in [0.717, 1.165) is 18.1 Å². The van der Waals surface area contributed by atoms with Gasteiger partial charge in [0.25, 0.3) is 11.9 Å². The Morgan fingerprint density at radius 3 is 2.04 bits per heavy atom. The Hall–Kier alpha value is -3.65. The number of nitrogens with zero attached hydrogens (tertiary/aromatic N) is 4. The van der Waals surface area contributed by atoms with Crippen LogP contribution < -0.4 is 9.64 Å². The molecule has 0 aliphatic heterocycles. The third kappa shape index (κ3) is 10.7. The van der Waals surface area contributed by atoms with Gasteiger partial charge in [-0.15, -0.1) is 10.00 Å². The van der Waals surface area contributed by atoms with Crippen molar-refractivity contribution < 1.29 is 41.4 Å². The second-order valence-corrected chi connectivity index (χ2v) is 19.6. The molecule has 3 aromatic rings. The molecule has 0 radical (unpaired) electrons. The van der Waals surface area contributed by atoms with E-state index in [2.05, 4.69) is 10.1 Å². The van der Waals surface area contributed by atoms with Crippen LogP contribution in [0.1, 0.15) is 89.0 Å². The molecule has 10 nitrogen and oxygen atoms in total. The fourth-order valence-corrected chi connectivity index (χ4v) is 8.20. The molecule has 1 unspecified atom stereocenters. The number of pyridine rings is 1. The Balaban J connectivity index is 1.86. The normalized spacial score (nSPS) is 13.4. The molecule has 0 aliphatic carbocycles. The van der Waals surface area contributed by atoms with Gasteiger partial charge in [0.15, 0.2) is 25.5 Å². The van der Waals surface area contributed by atoms with Gasteiger partial charge in [0.05, 0.1) is 6.61 Å². The van der Waals surface area contributed by atoms with Gasteiger partial charge in [0, 0.05) is 18.2 Å². The minimum absolute atomic E-state index is 0.00887. The maximum Gasteiger partial charge on any atom is 0.427 e. The number of carbonyl (C=O) groups excluding carboxylic acids is 2. The summed E-state index contributed by atoms with van der Waals surface area (Å²) in [6.45, 7) is 19.3. The molecule has 2 amide bonds. The van der Waals surface area contributed by atoms with E-state index in [1.165, 1.54) is 28.9 Å². The summed E-state index contributed by atoms with van der Waals surface area (Å²) in [7, 11) is -2.31. The zero-order chi connectivity index (χ0) is 37.7. The van der Waals surface area contributed by atoms with E-state index in [-0.39, 0.29) is 35.2 Å². The topological polar surface area (TPSA) is 104 Å². The van der Waals surface area contributed by atoms with Gasteiger partial charge in [0.1, 0.15) is 17.3 Å². The third-order valence-electron chi connectivity index (χ3n) is 8.13. The second kappa shape index (κ2) is 16.1. The van der Waals surface area contributed by atoms with E-state index in [9.17, 15) is 9.59 Å². The summed E-state index contributed by atoms with van der Waals surface area (Å²) in [4.78, 5) is 31.1. The van der Waals surface area contributed by atoms with Crippen molar-refractivity contribution in [2.45, 2.75) is 130 Å². The van der Waals surface area contributed by atoms with E-state index in [0.29, 0.717) is 10.5 Å². The van der Waals surface area contributed by atoms with E-state index >= 15 is 13.2 Å². The number of halogens is 3. The zero-order valence-electron chi connectivity index (χ0n) is 31.2. The lowest BCUT2D eigenvalue weighted by molar-refractivity contribution is -0.117. The maximum absolute atomic E-state index is 15.8. The van der Waals surface area contributed by atoms with Crippen LogP contribution in [0.5, 0.6) is 5.75 Å². The fourth-order valence-electron chi connectivity index (χ4n) is 5.33. The Kier molecular flexibility index (Phi) is 13.2. The van der Waals surface area contributed by atoms with Gasteiger partial charge in [0.2, 0.25) is 0 Å². The van der Waals surface area contributed by atoms with Gasteiger partial charge in [-0.1, -0.05) is 46.8 Å². The van der Waals surface area contributed by atoms with Gasteiger partial charge < -0.3 is 18.6 Å². The van der Waals surface area contributed by atoms with Crippen LogP contribution >= 0.6 is 0 Å². The minimum Gasteiger partial charge on any atom is -0.490 e. The first-order valence-electron chi connectivity index (χ1n) is 17.2. The van der Waals surface area contributed by atoms with Crippen molar-refractivity contribution in [3.05, 3.63) is 42.3 Å². The number of hydrogen-bond acceptors (Lipinski definition) is 8. The summed E-state index contributed by atoms with van der Waals surface area (Å²) in [5, 5.41) is 4.26. The highest BCUT2D eigenvalue weighted by Crippen LogP contribution is 2.36. The Morgan fingerprint density at radius 1 is 0.940 bits per heavy atom. The fraction of sp³-hybridized carbons (Fsp3) is 0.611. The highest BCUT2D eigenvalue weighted by molar-refractivity contribution is 6.73. The highest BCUT2D eigenvalue weighted by Gasteiger charge is 2.45. The number of fused-ring (bicyclic) bond motifs is 1. The van der Waals surface area contributed by atoms with Crippen LogP contribution in [-0.4, -0.2) is 64.9 Å². The van der Waals surface area contributed by atoms with E-state index in [4.69, 9.17) is 18.6 Å². The molecule has 3 rings (SSSR count). The van der Waals surface area contributed by atoms with Crippen molar-refractivity contribution in [3.63, 3.8) is 0 Å². The van der Waals surface area contributed by atoms with Gasteiger partial charge >= 0.3 is 12.2 Å². The summed E-state index contributed by atoms with van der Waals surface area (Å²) >= 11 is 0. The quantitative estimate of drug-likeness (QED) is 0.152. The number of rotatable bonds is 14. The molecule has 0 saturated carbocycles. The Bertz CT molecular complexity index is 1580. The predicted molar refractivity (Wildman–Crippen MR) is 190 cm³/mol. The molecule has 0 saturated heterocycles. The van der Waals surface area contributed by atoms with Crippen molar-refractivity contribution in [2.75, 3.05) is 11.5 Å². The highest BCUT2D eigenvalue weighted by atomic mass is 28.4. The summed E-state index contributed by atoms with van der Waals surface area (Å²) < 4.78 is 71.1. The molecule has 0 aliphatic rings. The van der Waals surface area contributed by atoms with Crippen molar-refractivity contribution >= 4 is 32.1 Å². The largest absolute Gasteiger partial charge is 0.490 e. The monoisotopic (exact) mass is 722 g/mol. The van der Waals surface area contributed by atoms with Crippen LogP contribution in [0.25, 0.3) is 16.8 Å². The third-order valence-corrected chi connectivity index (χ3v) is 12.8. The molecule has 2 aromatic heterocycles. The molecule has 14 heteroatoms. The molecule has 2 heterocycles. The Labute approximate surface area is 294 Å². The number of hydrogen-bond donors (Lipinski definition) is 0. The smallest absolute Gasteiger partial charge is 0.427 e. The number of carbonyl (C=O) groups is 2. The number of alkyl halides is 2. The number of anilines is 1. The van der Waals surface area contributed by atoms with Gasteiger partial charge in [-0.05, 0) is 95.8 Å². The number of benzene rings is 1. The Morgan fingerprint density at radius 2 is 1.52 bits per heavy atom. The molecule has 0 fully saturated rings. The van der Waals surface area contributed by atoms with Gasteiger partial charge in [-0.2, -0.15) is 4.98 Å². The first-order chi connectivity index (χ1) is 23.1. The SMILES string of the molecule is CC[Si](CC)(CC)OC(CC(C)C)C(F)(F)CCOc1cccc(-c2ccn3nc(N(C(=O)OC(C)(C)C)C(=O)OC(C)(C)C)nc3c2)c1F. The van der Waals surface area contributed by atoms with Crippen molar-refractivity contribution in [1.29, 1.82) is 0 Å². The molecule has 0 bridgehead atoms. The number of ether oxygens (including phenoxy) is 3. The summed E-state index contributed by atoms with van der Waals surface area (Å²) in [6.07, 6.45) is -2.24. The molecule has 0 N–H and O–H groups in total. The lowest BCUT2D eigenvalue weighted by Gasteiger charge is -2.37. The standard InChI is InChI=1S/C36H53F3N4O6Si/c1-12-50(13-2,14-3)49-28(22-24(4)5)36(38,39)19-21-46-27-17-15-16-26(30(27)37)25-18-20-42-29(23-25)40-31(41-42)43(32(44)47-34(6,7)8)33(45)48-35(9,10)11/h15-18,20,23-24,28H,12-14,19,21-22H2,1-11H3. The van der Waals surface area contributed by atoms with Crippen molar-refractivity contribution in [3.8, 4) is 16.9 Å². The van der Waals surface area contributed by atoms with Crippen LogP contribution in [0.3, 0.4) is 0 Å². The number of amides is 2. The number of aromatic nitrogens is 3. The molecule has 1 atom stereocenters. The van der Waals surface area contributed by atoms with Gasteiger partial charge in [-0.3, -0.25) is 0 Å². The van der Waals surface area contributed by atoms with Crippen LogP contribution in [0.2, 0.25) is 18.1 Å². The molecule has 278 valence electrons. The first-order valence-corrected chi connectivity index (χ1v) is 19.8. The molecular formula is C36H53F3N4O6Si. The lowest BCUT2D eigenvalue weighted by Crippen LogP contribution is -2.48. The maximum atomic E-state index is 15.8. The van der Waals surface area contributed by atoms with Crippen molar-refractivity contribution in [1.82, 2.24) is 14.6 Å². The molecular weight excluding hydrogens is 669 g/mol. The van der Waals surface area contributed by atoms with E-state index in [1.807, 2.05) is 34.6 Å². The predicted octanol–water partition coefficient (Wildman–Crippen LogP) is 10.1. The summed E-state index contributed by atoms with van der Waals surface area (Å²) in [6, 6.07) is 9.81. The van der Waals surface area contributed by atoms with Crippen LogP contribution in [-0.2, 0) is 13.9 Å². The van der Waals surface area contributed by atoms with E-state index in [1.54, 1.807) is 53.7 Å². The van der Waals surface area contributed by atoms with Gasteiger partial charge in [-0.25, -0.2) is 27.3 Å². The number of imide groups is 1. The van der Waals surface area contributed by atoms with Crippen LogP contribution in [0.15, 0.2) is 36.5 Å². The van der Waals surface area contributed by atoms with Crippen LogP contribution in [0, 0.1) is 11.7 Å². The summed E-state index contributed by atoms with van der Waals surface area (Å²) in [5.74, 6) is -4.38. The average Bonchev–Trinajstić information content (AvgIpc) is 3.40. The van der Waals surface area contributed by atoms with Crippen molar-refractivity contribution in [2.24, 2.45) is 5.92 Å². The average molecular weight is 723 g/mol. The zero-order valence-corrected chi connectivity index (χ0v) is 32.2. The lowest BCUT2D eigenvalue weighted by atomic mass is 9.99. The summed E-state index contributed by atoms with van der Waals surface area (Å²) in [5.41, 5.74) is -1.18. The first kappa shape index (κ1) is 40.8.